The van der Waals surface area contributed by atoms with Crippen LogP contribution >= 0.6 is 11.3 Å². The van der Waals surface area contributed by atoms with Gasteiger partial charge in [0.25, 0.3) is 0 Å². The van der Waals surface area contributed by atoms with Crippen LogP contribution in [0.25, 0.3) is 0 Å². The van der Waals surface area contributed by atoms with E-state index in [0.29, 0.717) is 0 Å². The van der Waals surface area contributed by atoms with Crippen molar-refractivity contribution in [3.63, 3.8) is 0 Å². The van der Waals surface area contributed by atoms with Crippen molar-refractivity contribution >= 4 is 11.3 Å². The monoisotopic (exact) mass is 279 g/mol. The van der Waals surface area contributed by atoms with E-state index < -0.39 is 0 Å². The summed E-state index contributed by atoms with van der Waals surface area (Å²) >= 11 is 1.88. The van der Waals surface area contributed by atoms with Crippen LogP contribution in [0.15, 0.2) is 17.5 Å². The van der Waals surface area contributed by atoms with E-state index in [2.05, 4.69) is 43.6 Å². The highest BCUT2D eigenvalue weighted by Crippen LogP contribution is 2.30. The van der Waals surface area contributed by atoms with Crippen molar-refractivity contribution in [1.29, 1.82) is 0 Å². The first-order valence-electron chi connectivity index (χ1n) is 7.89. The lowest BCUT2D eigenvalue weighted by atomic mass is 9.83. The summed E-state index contributed by atoms with van der Waals surface area (Å²) in [7, 11) is 0. The van der Waals surface area contributed by atoms with Gasteiger partial charge in [-0.25, -0.2) is 0 Å². The molecule has 0 atom stereocenters. The molecule has 1 nitrogen and oxygen atoms in total. The Morgan fingerprint density at radius 1 is 1.26 bits per heavy atom. The maximum atomic E-state index is 3.82. The highest BCUT2D eigenvalue weighted by Gasteiger charge is 2.25. The summed E-state index contributed by atoms with van der Waals surface area (Å²) in [5, 5.41) is 6.01. The van der Waals surface area contributed by atoms with E-state index in [1.165, 1.54) is 43.4 Å². The van der Waals surface area contributed by atoms with Gasteiger partial charge >= 0.3 is 0 Å². The number of thiophene rings is 1. The first kappa shape index (κ1) is 15.1. The van der Waals surface area contributed by atoms with E-state index in [9.17, 15) is 0 Å². The molecule has 2 rings (SSSR count). The van der Waals surface area contributed by atoms with Gasteiger partial charge in [0.05, 0.1) is 0 Å². The van der Waals surface area contributed by atoms with Crippen LogP contribution in [0.1, 0.15) is 64.2 Å². The molecule has 0 unspecified atom stereocenters. The van der Waals surface area contributed by atoms with Crippen molar-refractivity contribution in [1.82, 2.24) is 5.32 Å². The van der Waals surface area contributed by atoms with Gasteiger partial charge in [-0.2, -0.15) is 0 Å². The average Bonchev–Trinajstić information content (AvgIpc) is 2.93. The normalized spacial score (nSPS) is 24.6. The molecule has 1 fully saturated rings. The summed E-state index contributed by atoms with van der Waals surface area (Å²) in [5.74, 6) is 1.01. The molecule has 0 bridgehead atoms. The summed E-state index contributed by atoms with van der Waals surface area (Å²) in [5.41, 5.74) is 0.272. The van der Waals surface area contributed by atoms with Gasteiger partial charge in [-0.15, -0.1) is 11.3 Å². The van der Waals surface area contributed by atoms with Gasteiger partial charge in [0, 0.05) is 22.9 Å². The molecule has 0 radical (unpaired) electrons. The van der Waals surface area contributed by atoms with E-state index in [1.54, 1.807) is 0 Å². The summed E-state index contributed by atoms with van der Waals surface area (Å²) in [6.07, 6.45) is 8.42. The molecular formula is C17H29NS. The lowest BCUT2D eigenvalue weighted by Gasteiger charge is -2.32. The predicted molar refractivity (Wildman–Crippen MR) is 86.0 cm³/mol. The fourth-order valence-electron chi connectivity index (χ4n) is 3.21. The van der Waals surface area contributed by atoms with E-state index in [0.717, 1.165) is 18.5 Å². The van der Waals surface area contributed by atoms with Crippen LogP contribution in [-0.2, 0) is 5.41 Å². The third kappa shape index (κ3) is 4.32. The third-order valence-corrected chi connectivity index (χ3v) is 5.80. The van der Waals surface area contributed by atoms with E-state index in [4.69, 9.17) is 0 Å². The first-order chi connectivity index (χ1) is 9.12. The Bertz CT molecular complexity index is 347. The topological polar surface area (TPSA) is 12.0 Å². The Hall–Kier alpha value is -0.340. The van der Waals surface area contributed by atoms with Gasteiger partial charge in [-0.05, 0) is 43.0 Å². The average molecular weight is 279 g/mol. The smallest absolute Gasteiger partial charge is 0.0115 e. The van der Waals surface area contributed by atoms with Crippen LogP contribution in [0, 0.1) is 5.92 Å². The Balaban J connectivity index is 1.75. The minimum absolute atomic E-state index is 0.272. The molecular weight excluding hydrogens is 250 g/mol. The standard InChI is InChI=1S/C17H29NS/c1-4-6-14-8-10-15(11-9-14)18-13-17(2,3)16-7-5-12-19-16/h5,7,12,14-15,18H,4,6,8-11,13H2,1-3H3. The van der Waals surface area contributed by atoms with Crippen molar-refractivity contribution in [2.24, 2.45) is 5.92 Å². The molecule has 1 aliphatic rings. The number of hydrogen-bond donors (Lipinski definition) is 1. The predicted octanol–water partition coefficient (Wildman–Crippen LogP) is 4.97. The highest BCUT2D eigenvalue weighted by atomic mass is 32.1. The number of nitrogens with one attached hydrogen (secondary N) is 1. The summed E-state index contributed by atoms with van der Waals surface area (Å²) in [4.78, 5) is 1.50. The summed E-state index contributed by atoms with van der Waals surface area (Å²) < 4.78 is 0. The minimum atomic E-state index is 0.272. The van der Waals surface area contributed by atoms with Gasteiger partial charge < -0.3 is 5.32 Å². The van der Waals surface area contributed by atoms with Gasteiger partial charge in [0.2, 0.25) is 0 Å². The van der Waals surface area contributed by atoms with Crippen molar-refractivity contribution in [2.75, 3.05) is 6.54 Å². The van der Waals surface area contributed by atoms with Crippen LogP contribution in [0.3, 0.4) is 0 Å². The van der Waals surface area contributed by atoms with Crippen LogP contribution in [0.4, 0.5) is 0 Å². The van der Waals surface area contributed by atoms with Crippen LogP contribution < -0.4 is 5.32 Å². The molecule has 19 heavy (non-hydrogen) atoms. The maximum absolute atomic E-state index is 3.82. The van der Waals surface area contributed by atoms with Crippen LogP contribution in [0.5, 0.6) is 0 Å². The zero-order valence-corrected chi connectivity index (χ0v) is 13.6. The second-order valence-corrected chi connectivity index (χ2v) is 7.70. The van der Waals surface area contributed by atoms with Crippen molar-refractivity contribution in [2.45, 2.75) is 70.8 Å². The van der Waals surface area contributed by atoms with Gasteiger partial charge in [-0.3, -0.25) is 0 Å². The summed E-state index contributed by atoms with van der Waals surface area (Å²) in [6.45, 7) is 8.13. The molecule has 108 valence electrons. The molecule has 1 aromatic rings. The van der Waals surface area contributed by atoms with Crippen molar-refractivity contribution in [3.05, 3.63) is 22.4 Å². The van der Waals surface area contributed by atoms with Crippen molar-refractivity contribution in [3.8, 4) is 0 Å². The zero-order valence-electron chi connectivity index (χ0n) is 12.7. The Morgan fingerprint density at radius 2 is 2.00 bits per heavy atom. The Morgan fingerprint density at radius 3 is 2.58 bits per heavy atom. The van der Waals surface area contributed by atoms with Gasteiger partial charge in [0.1, 0.15) is 0 Å². The van der Waals surface area contributed by atoms with Crippen LogP contribution in [0.2, 0.25) is 0 Å². The first-order valence-corrected chi connectivity index (χ1v) is 8.77. The molecule has 1 saturated carbocycles. The largest absolute Gasteiger partial charge is 0.313 e. The molecule has 1 aromatic heterocycles. The molecule has 1 N–H and O–H groups in total. The lowest BCUT2D eigenvalue weighted by Crippen LogP contribution is -2.40. The van der Waals surface area contributed by atoms with E-state index in [-0.39, 0.29) is 5.41 Å². The van der Waals surface area contributed by atoms with Crippen molar-refractivity contribution < 1.29 is 0 Å². The molecule has 0 spiro atoms. The molecule has 0 aliphatic heterocycles. The molecule has 2 heteroatoms. The number of rotatable bonds is 6. The molecule has 1 aliphatic carbocycles. The van der Waals surface area contributed by atoms with E-state index in [1.807, 2.05) is 11.3 Å². The zero-order chi connectivity index (χ0) is 13.7. The second-order valence-electron chi connectivity index (χ2n) is 6.75. The SMILES string of the molecule is CCCC1CCC(NCC(C)(C)c2cccs2)CC1. The fourth-order valence-corrected chi connectivity index (χ4v) is 4.07. The molecule has 0 saturated heterocycles. The maximum Gasteiger partial charge on any atom is 0.0115 e. The Kier molecular flexibility index (Phi) is 5.47. The minimum Gasteiger partial charge on any atom is -0.313 e. The van der Waals surface area contributed by atoms with Gasteiger partial charge in [0.15, 0.2) is 0 Å². The summed E-state index contributed by atoms with van der Waals surface area (Å²) in [6, 6.07) is 5.19. The fraction of sp³-hybridized carbons (Fsp3) is 0.765. The van der Waals surface area contributed by atoms with E-state index >= 15 is 0 Å². The molecule has 1 heterocycles. The second kappa shape index (κ2) is 6.90. The molecule has 0 amide bonds. The third-order valence-electron chi connectivity index (χ3n) is 4.56. The quantitative estimate of drug-likeness (QED) is 0.775. The van der Waals surface area contributed by atoms with Crippen LogP contribution in [-0.4, -0.2) is 12.6 Å². The molecule has 0 aromatic carbocycles. The number of hydrogen-bond acceptors (Lipinski definition) is 2. The van der Waals surface area contributed by atoms with Gasteiger partial charge in [-0.1, -0.05) is 39.7 Å². The highest BCUT2D eigenvalue weighted by molar-refractivity contribution is 7.10. The Labute approximate surface area is 122 Å². The lowest BCUT2D eigenvalue weighted by molar-refractivity contribution is 0.268.